The SMILES string of the molecule is CC[C@@]1(C(=O)O)CC[C@@H](O)C1. The zero-order valence-electron chi connectivity index (χ0n) is 6.71. The lowest BCUT2D eigenvalue weighted by atomic mass is 9.83. The van der Waals surface area contributed by atoms with Crippen molar-refractivity contribution in [2.24, 2.45) is 5.41 Å². The van der Waals surface area contributed by atoms with Gasteiger partial charge in [0, 0.05) is 0 Å². The number of carboxylic acids is 1. The second kappa shape index (κ2) is 2.81. The Kier molecular flexibility index (Phi) is 2.18. The zero-order chi connectivity index (χ0) is 8.48. The molecule has 0 unspecified atom stereocenters. The molecule has 0 radical (unpaired) electrons. The summed E-state index contributed by atoms with van der Waals surface area (Å²) in [5, 5.41) is 18.1. The van der Waals surface area contributed by atoms with Gasteiger partial charge in [-0.2, -0.15) is 0 Å². The van der Waals surface area contributed by atoms with Crippen LogP contribution in [0.15, 0.2) is 0 Å². The van der Waals surface area contributed by atoms with E-state index in [-0.39, 0.29) is 0 Å². The van der Waals surface area contributed by atoms with Crippen LogP contribution in [0.5, 0.6) is 0 Å². The van der Waals surface area contributed by atoms with Crippen molar-refractivity contribution in [2.45, 2.75) is 38.7 Å². The smallest absolute Gasteiger partial charge is 0.309 e. The summed E-state index contributed by atoms with van der Waals surface area (Å²) in [5.74, 6) is -0.753. The van der Waals surface area contributed by atoms with Crippen molar-refractivity contribution in [3.63, 3.8) is 0 Å². The number of carbonyl (C=O) groups is 1. The minimum Gasteiger partial charge on any atom is -0.481 e. The second-order valence-electron chi connectivity index (χ2n) is 3.34. The Morgan fingerprint density at radius 1 is 1.73 bits per heavy atom. The van der Waals surface area contributed by atoms with Gasteiger partial charge in [-0.3, -0.25) is 4.79 Å². The Labute approximate surface area is 66.0 Å². The Hall–Kier alpha value is -0.570. The molecule has 3 nitrogen and oxygen atoms in total. The van der Waals surface area contributed by atoms with Gasteiger partial charge in [0.25, 0.3) is 0 Å². The average Bonchev–Trinajstić information content (AvgIpc) is 2.33. The Morgan fingerprint density at radius 3 is 2.55 bits per heavy atom. The van der Waals surface area contributed by atoms with Crippen LogP contribution in [-0.4, -0.2) is 22.3 Å². The Balaban J connectivity index is 2.70. The number of carboxylic acid groups (broad SMARTS) is 1. The van der Waals surface area contributed by atoms with Gasteiger partial charge in [0.15, 0.2) is 0 Å². The summed E-state index contributed by atoms with van der Waals surface area (Å²) in [6.45, 7) is 1.87. The third kappa shape index (κ3) is 1.38. The van der Waals surface area contributed by atoms with Gasteiger partial charge in [-0.15, -0.1) is 0 Å². The van der Waals surface area contributed by atoms with Crippen molar-refractivity contribution in [3.05, 3.63) is 0 Å². The molecule has 0 saturated heterocycles. The van der Waals surface area contributed by atoms with Crippen molar-refractivity contribution >= 4 is 5.97 Å². The van der Waals surface area contributed by atoms with E-state index in [2.05, 4.69) is 0 Å². The average molecular weight is 158 g/mol. The van der Waals surface area contributed by atoms with E-state index in [1.54, 1.807) is 0 Å². The summed E-state index contributed by atoms with van der Waals surface area (Å²) >= 11 is 0. The number of aliphatic hydroxyl groups excluding tert-OH is 1. The van der Waals surface area contributed by atoms with Crippen LogP contribution in [0.4, 0.5) is 0 Å². The maximum atomic E-state index is 10.8. The van der Waals surface area contributed by atoms with E-state index >= 15 is 0 Å². The first kappa shape index (κ1) is 8.53. The highest BCUT2D eigenvalue weighted by Gasteiger charge is 2.43. The predicted octanol–water partition coefficient (Wildman–Crippen LogP) is 1.01. The van der Waals surface area contributed by atoms with Crippen molar-refractivity contribution < 1.29 is 15.0 Å². The van der Waals surface area contributed by atoms with Gasteiger partial charge in [0.05, 0.1) is 11.5 Å². The third-order valence-electron chi connectivity index (χ3n) is 2.71. The first-order valence-corrected chi connectivity index (χ1v) is 4.02. The molecule has 0 aromatic rings. The van der Waals surface area contributed by atoms with Crippen LogP contribution in [-0.2, 0) is 4.79 Å². The van der Waals surface area contributed by atoms with Gasteiger partial charge in [-0.1, -0.05) is 6.92 Å². The fourth-order valence-corrected chi connectivity index (χ4v) is 1.76. The minimum absolute atomic E-state index is 0.397. The van der Waals surface area contributed by atoms with Gasteiger partial charge in [-0.25, -0.2) is 0 Å². The maximum absolute atomic E-state index is 10.8. The zero-order valence-corrected chi connectivity index (χ0v) is 6.71. The van der Waals surface area contributed by atoms with E-state index in [0.717, 1.165) is 0 Å². The quantitative estimate of drug-likeness (QED) is 0.630. The molecule has 0 spiro atoms. The minimum atomic E-state index is -0.753. The standard InChI is InChI=1S/C8H14O3/c1-2-8(7(10)11)4-3-6(9)5-8/h6,9H,2-5H2,1H3,(H,10,11)/t6-,8-/m1/s1. The van der Waals surface area contributed by atoms with Crippen molar-refractivity contribution in [2.75, 3.05) is 0 Å². The molecule has 2 atom stereocenters. The van der Waals surface area contributed by atoms with Crippen molar-refractivity contribution in [1.82, 2.24) is 0 Å². The first-order valence-electron chi connectivity index (χ1n) is 4.02. The highest BCUT2D eigenvalue weighted by Crippen LogP contribution is 2.41. The highest BCUT2D eigenvalue weighted by atomic mass is 16.4. The van der Waals surface area contributed by atoms with E-state index in [1.807, 2.05) is 6.92 Å². The van der Waals surface area contributed by atoms with E-state index in [0.29, 0.717) is 25.7 Å². The topological polar surface area (TPSA) is 57.5 Å². The van der Waals surface area contributed by atoms with Crippen molar-refractivity contribution in [3.8, 4) is 0 Å². The Bertz CT molecular complexity index is 167. The fraction of sp³-hybridized carbons (Fsp3) is 0.875. The highest BCUT2D eigenvalue weighted by molar-refractivity contribution is 5.75. The summed E-state index contributed by atoms with van der Waals surface area (Å²) in [6, 6.07) is 0. The van der Waals surface area contributed by atoms with Crippen LogP contribution in [0.1, 0.15) is 32.6 Å². The first-order chi connectivity index (χ1) is 5.10. The molecule has 0 amide bonds. The van der Waals surface area contributed by atoms with Crippen LogP contribution < -0.4 is 0 Å². The monoisotopic (exact) mass is 158 g/mol. The number of hydrogen-bond acceptors (Lipinski definition) is 2. The third-order valence-corrected chi connectivity index (χ3v) is 2.71. The van der Waals surface area contributed by atoms with Crippen LogP contribution in [0.2, 0.25) is 0 Å². The molecule has 1 rings (SSSR count). The fourth-order valence-electron chi connectivity index (χ4n) is 1.76. The summed E-state index contributed by atoms with van der Waals surface area (Å²) in [4.78, 5) is 10.8. The Morgan fingerprint density at radius 2 is 2.36 bits per heavy atom. The molecule has 11 heavy (non-hydrogen) atoms. The predicted molar refractivity (Wildman–Crippen MR) is 40.2 cm³/mol. The molecule has 0 aromatic heterocycles. The van der Waals surface area contributed by atoms with E-state index in [9.17, 15) is 9.90 Å². The van der Waals surface area contributed by atoms with E-state index in [4.69, 9.17) is 5.11 Å². The largest absolute Gasteiger partial charge is 0.481 e. The van der Waals surface area contributed by atoms with Crippen molar-refractivity contribution in [1.29, 1.82) is 0 Å². The number of aliphatic hydroxyl groups is 1. The number of rotatable bonds is 2. The van der Waals surface area contributed by atoms with Crippen LogP contribution in [0.25, 0.3) is 0 Å². The molecule has 1 fully saturated rings. The van der Waals surface area contributed by atoms with Gasteiger partial charge < -0.3 is 10.2 Å². The molecular weight excluding hydrogens is 144 g/mol. The molecule has 1 aliphatic carbocycles. The number of hydrogen-bond donors (Lipinski definition) is 2. The van der Waals surface area contributed by atoms with Gasteiger partial charge in [0.1, 0.15) is 0 Å². The summed E-state index contributed by atoms with van der Waals surface area (Å²) in [6.07, 6.45) is 1.92. The normalized spacial score (nSPS) is 37.5. The maximum Gasteiger partial charge on any atom is 0.309 e. The van der Waals surface area contributed by atoms with E-state index in [1.165, 1.54) is 0 Å². The van der Waals surface area contributed by atoms with Gasteiger partial charge in [0.2, 0.25) is 0 Å². The molecule has 2 N–H and O–H groups in total. The second-order valence-corrected chi connectivity index (χ2v) is 3.34. The summed E-state index contributed by atoms with van der Waals surface area (Å²) in [5.41, 5.74) is -0.626. The van der Waals surface area contributed by atoms with Gasteiger partial charge in [-0.05, 0) is 25.7 Å². The van der Waals surface area contributed by atoms with Crippen LogP contribution >= 0.6 is 0 Å². The molecule has 1 aliphatic rings. The molecule has 64 valence electrons. The lowest BCUT2D eigenvalue weighted by Gasteiger charge is -2.20. The van der Waals surface area contributed by atoms with Gasteiger partial charge >= 0.3 is 5.97 Å². The molecule has 1 saturated carbocycles. The molecule has 0 bridgehead atoms. The van der Waals surface area contributed by atoms with Crippen LogP contribution in [0, 0.1) is 5.41 Å². The number of aliphatic carboxylic acids is 1. The lowest BCUT2D eigenvalue weighted by Crippen LogP contribution is -2.27. The molecule has 0 aliphatic heterocycles. The van der Waals surface area contributed by atoms with Crippen LogP contribution in [0.3, 0.4) is 0 Å². The lowest BCUT2D eigenvalue weighted by molar-refractivity contribution is -0.149. The molecule has 0 aromatic carbocycles. The summed E-state index contributed by atoms with van der Waals surface area (Å²) in [7, 11) is 0. The molecule has 3 heteroatoms. The summed E-state index contributed by atoms with van der Waals surface area (Å²) < 4.78 is 0. The van der Waals surface area contributed by atoms with E-state index < -0.39 is 17.5 Å². The molecular formula is C8H14O3. The molecule has 0 heterocycles.